The fourth-order valence-electron chi connectivity index (χ4n) is 2.73. The summed E-state index contributed by atoms with van der Waals surface area (Å²) < 4.78 is 1.12. The average Bonchev–Trinajstić information content (AvgIpc) is 2.91. The van der Waals surface area contributed by atoms with Crippen LogP contribution >= 0.6 is 15.9 Å². The molecule has 1 aromatic carbocycles. The Morgan fingerprint density at radius 3 is 2.75 bits per heavy atom. The van der Waals surface area contributed by atoms with Crippen LogP contribution in [0, 0.1) is 0 Å². The van der Waals surface area contributed by atoms with Crippen molar-refractivity contribution in [2.75, 3.05) is 32.7 Å². The first kappa shape index (κ1) is 16.0. The second-order valence-corrected chi connectivity index (χ2v) is 6.69. The minimum atomic E-state index is -0.261. The molecule has 0 aliphatic carbocycles. The Kier molecular flexibility index (Phi) is 6.49. The molecule has 0 amide bonds. The maximum absolute atomic E-state index is 10.0. The number of benzene rings is 1. The monoisotopic (exact) mass is 340 g/mol. The molecule has 2 unspecified atom stereocenters. The average molecular weight is 341 g/mol. The van der Waals surface area contributed by atoms with E-state index in [0.29, 0.717) is 12.5 Å². The van der Waals surface area contributed by atoms with E-state index in [1.807, 2.05) is 6.07 Å². The van der Waals surface area contributed by atoms with Crippen LogP contribution in [0.4, 0.5) is 0 Å². The third-order valence-electron chi connectivity index (χ3n) is 3.92. The number of likely N-dealkylation sites (tertiary alicyclic amines) is 1. The van der Waals surface area contributed by atoms with Crippen molar-refractivity contribution in [3.8, 4) is 0 Å². The SMILES string of the molecule is CC(CNCC(O)CN1CCCC1)c1cccc(Br)c1. The van der Waals surface area contributed by atoms with Crippen molar-refractivity contribution in [3.05, 3.63) is 34.3 Å². The molecule has 2 rings (SSSR count). The van der Waals surface area contributed by atoms with Gasteiger partial charge in [-0.15, -0.1) is 0 Å². The van der Waals surface area contributed by atoms with Gasteiger partial charge in [-0.3, -0.25) is 0 Å². The largest absolute Gasteiger partial charge is 0.390 e. The number of aliphatic hydroxyl groups is 1. The number of nitrogens with zero attached hydrogens (tertiary/aromatic N) is 1. The van der Waals surface area contributed by atoms with Crippen LogP contribution in [0.3, 0.4) is 0 Å². The molecular weight excluding hydrogens is 316 g/mol. The van der Waals surface area contributed by atoms with E-state index < -0.39 is 0 Å². The number of β-amino-alcohol motifs (C(OH)–C–C–N with tert-alkyl or cyclic N) is 1. The van der Waals surface area contributed by atoms with E-state index in [9.17, 15) is 5.11 Å². The maximum Gasteiger partial charge on any atom is 0.0791 e. The molecule has 0 spiro atoms. The van der Waals surface area contributed by atoms with Gasteiger partial charge in [-0.05, 0) is 49.5 Å². The third kappa shape index (κ3) is 5.17. The number of rotatable bonds is 7. The van der Waals surface area contributed by atoms with E-state index in [2.05, 4.69) is 51.3 Å². The molecule has 1 aromatic rings. The first-order valence-electron chi connectivity index (χ1n) is 7.52. The van der Waals surface area contributed by atoms with Gasteiger partial charge < -0.3 is 15.3 Å². The Balaban J connectivity index is 1.66. The molecule has 1 aliphatic heterocycles. The molecule has 2 atom stereocenters. The highest BCUT2D eigenvalue weighted by Crippen LogP contribution is 2.19. The first-order chi connectivity index (χ1) is 9.65. The zero-order valence-corrected chi connectivity index (χ0v) is 13.8. The minimum Gasteiger partial charge on any atom is -0.390 e. The predicted molar refractivity (Wildman–Crippen MR) is 87.1 cm³/mol. The van der Waals surface area contributed by atoms with Crippen molar-refractivity contribution in [2.24, 2.45) is 0 Å². The van der Waals surface area contributed by atoms with Crippen LogP contribution in [0.25, 0.3) is 0 Å². The summed E-state index contributed by atoms with van der Waals surface area (Å²) in [6, 6.07) is 8.42. The lowest BCUT2D eigenvalue weighted by molar-refractivity contribution is 0.123. The van der Waals surface area contributed by atoms with Crippen molar-refractivity contribution in [1.29, 1.82) is 0 Å². The van der Waals surface area contributed by atoms with E-state index in [1.54, 1.807) is 0 Å². The van der Waals surface area contributed by atoms with Crippen molar-refractivity contribution >= 4 is 15.9 Å². The third-order valence-corrected chi connectivity index (χ3v) is 4.41. The number of hydrogen-bond acceptors (Lipinski definition) is 3. The summed E-state index contributed by atoms with van der Waals surface area (Å²) in [5.41, 5.74) is 1.32. The lowest BCUT2D eigenvalue weighted by atomic mass is 10.0. The van der Waals surface area contributed by atoms with Gasteiger partial charge in [0, 0.05) is 24.1 Å². The van der Waals surface area contributed by atoms with Crippen LogP contribution in [0.15, 0.2) is 28.7 Å². The van der Waals surface area contributed by atoms with Crippen molar-refractivity contribution in [3.63, 3.8) is 0 Å². The van der Waals surface area contributed by atoms with E-state index >= 15 is 0 Å². The van der Waals surface area contributed by atoms with E-state index in [-0.39, 0.29) is 6.10 Å². The van der Waals surface area contributed by atoms with Crippen LogP contribution in [0.5, 0.6) is 0 Å². The molecule has 0 radical (unpaired) electrons. The van der Waals surface area contributed by atoms with Crippen LogP contribution in [0.2, 0.25) is 0 Å². The van der Waals surface area contributed by atoms with E-state index in [1.165, 1.54) is 18.4 Å². The fourth-order valence-corrected chi connectivity index (χ4v) is 3.14. The second-order valence-electron chi connectivity index (χ2n) is 5.78. The molecule has 2 N–H and O–H groups in total. The number of nitrogens with one attached hydrogen (secondary N) is 1. The predicted octanol–water partition coefficient (Wildman–Crippen LogP) is 2.60. The van der Waals surface area contributed by atoms with E-state index in [4.69, 9.17) is 0 Å². The number of halogens is 1. The van der Waals surface area contributed by atoms with Crippen LogP contribution in [-0.4, -0.2) is 48.8 Å². The summed E-state index contributed by atoms with van der Waals surface area (Å²) in [5.74, 6) is 0.450. The van der Waals surface area contributed by atoms with Crippen LogP contribution < -0.4 is 5.32 Å². The highest BCUT2D eigenvalue weighted by atomic mass is 79.9. The number of hydrogen-bond donors (Lipinski definition) is 2. The summed E-state index contributed by atoms with van der Waals surface area (Å²) in [6.45, 7) is 6.87. The summed E-state index contributed by atoms with van der Waals surface area (Å²) in [4.78, 5) is 2.35. The molecule has 112 valence electrons. The lowest BCUT2D eigenvalue weighted by Crippen LogP contribution is -2.38. The van der Waals surface area contributed by atoms with Gasteiger partial charge in [-0.25, -0.2) is 0 Å². The van der Waals surface area contributed by atoms with E-state index in [0.717, 1.165) is 30.7 Å². The molecule has 0 bridgehead atoms. The molecule has 1 aliphatic rings. The summed E-state index contributed by atoms with van der Waals surface area (Å²) in [7, 11) is 0. The summed E-state index contributed by atoms with van der Waals surface area (Å²) in [6.07, 6.45) is 2.29. The number of aliphatic hydroxyl groups excluding tert-OH is 1. The topological polar surface area (TPSA) is 35.5 Å². The summed E-state index contributed by atoms with van der Waals surface area (Å²) in [5, 5.41) is 13.4. The zero-order chi connectivity index (χ0) is 14.4. The fraction of sp³-hybridized carbons (Fsp3) is 0.625. The van der Waals surface area contributed by atoms with Crippen LogP contribution in [0.1, 0.15) is 31.2 Å². The van der Waals surface area contributed by atoms with Gasteiger partial charge in [-0.1, -0.05) is 35.0 Å². The molecule has 4 heteroatoms. The molecule has 1 heterocycles. The Hall–Kier alpha value is -0.420. The van der Waals surface area contributed by atoms with Gasteiger partial charge in [0.15, 0.2) is 0 Å². The lowest BCUT2D eigenvalue weighted by Gasteiger charge is -2.20. The smallest absolute Gasteiger partial charge is 0.0791 e. The molecular formula is C16H25BrN2O. The normalized spacial score (nSPS) is 19.1. The molecule has 1 saturated heterocycles. The van der Waals surface area contributed by atoms with Gasteiger partial charge in [0.25, 0.3) is 0 Å². The van der Waals surface area contributed by atoms with Gasteiger partial charge in [-0.2, -0.15) is 0 Å². The Bertz CT molecular complexity index is 407. The minimum absolute atomic E-state index is 0.261. The van der Waals surface area contributed by atoms with Crippen molar-refractivity contribution < 1.29 is 5.11 Å². The molecule has 3 nitrogen and oxygen atoms in total. The van der Waals surface area contributed by atoms with Gasteiger partial charge >= 0.3 is 0 Å². The molecule has 1 fully saturated rings. The Labute approximate surface area is 130 Å². The maximum atomic E-state index is 10.0. The van der Waals surface area contributed by atoms with Gasteiger partial charge in [0.1, 0.15) is 0 Å². The quantitative estimate of drug-likeness (QED) is 0.800. The van der Waals surface area contributed by atoms with Gasteiger partial charge in [0.05, 0.1) is 6.10 Å². The van der Waals surface area contributed by atoms with Crippen molar-refractivity contribution in [2.45, 2.75) is 31.8 Å². The zero-order valence-electron chi connectivity index (χ0n) is 12.2. The Morgan fingerprint density at radius 2 is 2.05 bits per heavy atom. The molecule has 0 saturated carbocycles. The van der Waals surface area contributed by atoms with Gasteiger partial charge in [0.2, 0.25) is 0 Å². The standard InChI is InChI=1S/C16H25BrN2O/c1-13(14-5-4-6-15(17)9-14)10-18-11-16(20)12-19-7-2-3-8-19/h4-6,9,13,16,18,20H,2-3,7-8,10-12H2,1H3. The van der Waals surface area contributed by atoms with Crippen molar-refractivity contribution in [1.82, 2.24) is 10.2 Å². The molecule has 0 aromatic heterocycles. The Morgan fingerprint density at radius 1 is 1.30 bits per heavy atom. The highest BCUT2D eigenvalue weighted by molar-refractivity contribution is 9.10. The second kappa shape index (κ2) is 8.13. The highest BCUT2D eigenvalue weighted by Gasteiger charge is 2.15. The molecule has 20 heavy (non-hydrogen) atoms. The first-order valence-corrected chi connectivity index (χ1v) is 8.31. The summed E-state index contributed by atoms with van der Waals surface area (Å²) >= 11 is 3.50. The van der Waals surface area contributed by atoms with Crippen LogP contribution in [-0.2, 0) is 0 Å².